The predicted molar refractivity (Wildman–Crippen MR) is 110 cm³/mol. The lowest BCUT2D eigenvalue weighted by Crippen LogP contribution is -2.44. The molecule has 0 fully saturated rings. The summed E-state index contributed by atoms with van der Waals surface area (Å²) in [7, 11) is 0. The van der Waals surface area contributed by atoms with E-state index in [2.05, 4.69) is 5.32 Å². The van der Waals surface area contributed by atoms with Crippen molar-refractivity contribution in [3.05, 3.63) is 12.2 Å². The summed E-state index contributed by atoms with van der Waals surface area (Å²) in [5, 5.41) is 2.75. The van der Waals surface area contributed by atoms with Gasteiger partial charge in [0.2, 0.25) is 5.91 Å². The van der Waals surface area contributed by atoms with Crippen molar-refractivity contribution in [2.75, 3.05) is 6.54 Å². The first-order valence-corrected chi connectivity index (χ1v) is 10.4. The molecule has 1 aliphatic heterocycles. The number of ketones is 2. The molecule has 7 heteroatoms. The normalized spacial score (nSPS) is 15.9. The van der Waals surface area contributed by atoms with E-state index in [4.69, 9.17) is 0 Å². The highest BCUT2D eigenvalue weighted by Gasteiger charge is 2.28. The topological polar surface area (TPSA) is 101 Å². The van der Waals surface area contributed by atoms with Gasteiger partial charge < -0.3 is 5.32 Å². The van der Waals surface area contributed by atoms with Gasteiger partial charge in [-0.05, 0) is 25.7 Å². The number of carbonyl (C=O) groups excluding carboxylic acids is 5. The SMILES string of the molecule is CC(C)C(=O)[C@H](C)NC(=O)[C@@H](CC(=O)CCCCCN1C(=O)C=CC1=O)C(C)C. The second-order valence-corrected chi connectivity index (χ2v) is 8.35. The third-order valence-corrected chi connectivity index (χ3v) is 5.18. The van der Waals surface area contributed by atoms with Gasteiger partial charge in [0.25, 0.3) is 11.8 Å². The fourth-order valence-corrected chi connectivity index (χ4v) is 3.29. The fourth-order valence-electron chi connectivity index (χ4n) is 3.29. The standard InChI is InChI=1S/C22H34N2O5/c1-14(2)18(22(29)23-16(5)21(28)15(3)4)13-17(25)9-7-6-8-12-24-19(26)10-11-20(24)27/h10-11,14-16,18H,6-9,12-13H2,1-5H3,(H,23,29)/t16-,18-/m0/s1. The summed E-state index contributed by atoms with van der Waals surface area (Å²) in [5.41, 5.74) is 0. The minimum absolute atomic E-state index is 0.0108. The molecule has 3 amide bonds. The van der Waals surface area contributed by atoms with E-state index in [1.165, 1.54) is 17.1 Å². The Morgan fingerprint density at radius 3 is 2.03 bits per heavy atom. The molecule has 0 aromatic heterocycles. The molecular weight excluding hydrogens is 372 g/mol. The zero-order valence-corrected chi connectivity index (χ0v) is 18.2. The number of hydrogen-bond acceptors (Lipinski definition) is 5. The average Bonchev–Trinajstić information content (AvgIpc) is 2.96. The van der Waals surface area contributed by atoms with Crippen LogP contribution in [0, 0.1) is 17.8 Å². The Labute approximate surface area is 173 Å². The van der Waals surface area contributed by atoms with Crippen LogP contribution < -0.4 is 5.32 Å². The van der Waals surface area contributed by atoms with Crippen molar-refractivity contribution in [3.8, 4) is 0 Å². The number of imide groups is 1. The maximum absolute atomic E-state index is 12.6. The highest BCUT2D eigenvalue weighted by atomic mass is 16.2. The highest BCUT2D eigenvalue weighted by Crippen LogP contribution is 2.19. The lowest BCUT2D eigenvalue weighted by Gasteiger charge is -2.23. The molecule has 0 saturated heterocycles. The predicted octanol–water partition coefficient (Wildman–Crippen LogP) is 2.43. The van der Waals surface area contributed by atoms with Crippen LogP contribution in [0.4, 0.5) is 0 Å². The van der Waals surface area contributed by atoms with Gasteiger partial charge in [0.1, 0.15) is 5.78 Å². The van der Waals surface area contributed by atoms with Crippen molar-refractivity contribution in [1.29, 1.82) is 0 Å². The molecule has 1 heterocycles. The molecular formula is C22H34N2O5. The van der Waals surface area contributed by atoms with Gasteiger partial charge in [-0.15, -0.1) is 0 Å². The van der Waals surface area contributed by atoms with E-state index in [0.29, 0.717) is 25.8 Å². The van der Waals surface area contributed by atoms with Gasteiger partial charge in [0.15, 0.2) is 5.78 Å². The van der Waals surface area contributed by atoms with Crippen LogP contribution in [-0.2, 0) is 24.0 Å². The lowest BCUT2D eigenvalue weighted by atomic mass is 9.88. The smallest absolute Gasteiger partial charge is 0.253 e. The molecule has 0 aromatic carbocycles. The number of rotatable bonds is 13. The maximum Gasteiger partial charge on any atom is 0.253 e. The van der Waals surface area contributed by atoms with Gasteiger partial charge >= 0.3 is 0 Å². The van der Waals surface area contributed by atoms with Crippen LogP contribution in [0.3, 0.4) is 0 Å². The third-order valence-electron chi connectivity index (χ3n) is 5.18. The summed E-state index contributed by atoms with van der Waals surface area (Å²) in [6, 6.07) is -0.565. The lowest BCUT2D eigenvalue weighted by molar-refractivity contribution is -0.137. The number of carbonyl (C=O) groups is 5. The Kier molecular flexibility index (Phi) is 9.92. The van der Waals surface area contributed by atoms with Gasteiger partial charge in [-0.3, -0.25) is 28.9 Å². The Balaban J connectivity index is 2.38. The van der Waals surface area contributed by atoms with Crippen LogP contribution in [0.2, 0.25) is 0 Å². The minimum atomic E-state index is -0.565. The Morgan fingerprint density at radius 2 is 1.52 bits per heavy atom. The van der Waals surface area contributed by atoms with Gasteiger partial charge in [0, 0.05) is 43.4 Å². The fraction of sp³-hybridized carbons (Fsp3) is 0.682. The molecule has 0 radical (unpaired) electrons. The van der Waals surface area contributed by atoms with E-state index in [9.17, 15) is 24.0 Å². The summed E-state index contributed by atoms with van der Waals surface area (Å²) >= 11 is 0. The van der Waals surface area contributed by atoms with Crippen LogP contribution in [0.25, 0.3) is 0 Å². The molecule has 0 aromatic rings. The van der Waals surface area contributed by atoms with Gasteiger partial charge in [0.05, 0.1) is 6.04 Å². The first kappa shape index (κ1) is 24.7. The largest absolute Gasteiger partial charge is 0.346 e. The average molecular weight is 407 g/mol. The number of nitrogens with zero attached hydrogens (tertiary/aromatic N) is 1. The summed E-state index contributed by atoms with van der Waals surface area (Å²) in [6.07, 6.45) is 5.06. The number of amides is 3. The van der Waals surface area contributed by atoms with Crippen molar-refractivity contribution in [3.63, 3.8) is 0 Å². The van der Waals surface area contributed by atoms with Gasteiger partial charge in [-0.25, -0.2) is 0 Å². The van der Waals surface area contributed by atoms with E-state index < -0.39 is 12.0 Å². The summed E-state index contributed by atoms with van der Waals surface area (Å²) < 4.78 is 0. The second-order valence-electron chi connectivity index (χ2n) is 8.35. The Morgan fingerprint density at radius 1 is 0.931 bits per heavy atom. The number of unbranched alkanes of at least 4 members (excludes halogenated alkanes) is 2. The number of nitrogens with one attached hydrogen (secondary N) is 1. The molecule has 1 rings (SSSR count). The van der Waals surface area contributed by atoms with Crippen LogP contribution in [0.5, 0.6) is 0 Å². The molecule has 0 saturated carbocycles. The summed E-state index contributed by atoms with van der Waals surface area (Å²) in [5.74, 6) is -1.49. The number of Topliss-reactive ketones (excluding diaryl/α,β-unsaturated/α-hetero) is 2. The van der Waals surface area contributed by atoms with Crippen molar-refractivity contribution in [2.45, 2.75) is 72.8 Å². The zero-order chi connectivity index (χ0) is 22.1. The molecule has 0 unspecified atom stereocenters. The third kappa shape index (κ3) is 7.91. The molecule has 0 bridgehead atoms. The first-order chi connectivity index (χ1) is 13.5. The van der Waals surface area contributed by atoms with Gasteiger partial charge in [-0.2, -0.15) is 0 Å². The molecule has 0 aliphatic carbocycles. The summed E-state index contributed by atoms with van der Waals surface area (Å²) in [6.45, 7) is 9.40. The molecule has 1 N–H and O–H groups in total. The quantitative estimate of drug-likeness (QED) is 0.374. The van der Waals surface area contributed by atoms with Gasteiger partial charge in [-0.1, -0.05) is 34.1 Å². The van der Waals surface area contributed by atoms with Crippen LogP contribution in [0.15, 0.2) is 12.2 Å². The van der Waals surface area contributed by atoms with Crippen molar-refractivity contribution < 1.29 is 24.0 Å². The molecule has 2 atom stereocenters. The highest BCUT2D eigenvalue weighted by molar-refractivity contribution is 6.12. The van der Waals surface area contributed by atoms with E-state index in [1.807, 2.05) is 13.8 Å². The maximum atomic E-state index is 12.6. The molecule has 1 aliphatic rings. The van der Waals surface area contributed by atoms with E-state index in [1.54, 1.807) is 20.8 Å². The van der Waals surface area contributed by atoms with E-state index >= 15 is 0 Å². The second kappa shape index (κ2) is 11.6. The molecule has 0 spiro atoms. The van der Waals surface area contributed by atoms with Crippen molar-refractivity contribution in [2.24, 2.45) is 17.8 Å². The molecule has 7 nitrogen and oxygen atoms in total. The Bertz CT molecular complexity index is 648. The van der Waals surface area contributed by atoms with Crippen LogP contribution >= 0.6 is 0 Å². The monoisotopic (exact) mass is 406 g/mol. The van der Waals surface area contributed by atoms with Crippen LogP contribution in [-0.4, -0.2) is 46.8 Å². The van der Waals surface area contributed by atoms with E-state index in [-0.39, 0.29) is 47.5 Å². The minimum Gasteiger partial charge on any atom is -0.346 e. The Hall–Kier alpha value is -2.31. The van der Waals surface area contributed by atoms with Crippen molar-refractivity contribution in [1.82, 2.24) is 10.2 Å². The molecule has 29 heavy (non-hydrogen) atoms. The van der Waals surface area contributed by atoms with Crippen LogP contribution in [0.1, 0.15) is 66.7 Å². The number of hydrogen-bond donors (Lipinski definition) is 1. The first-order valence-electron chi connectivity index (χ1n) is 10.4. The van der Waals surface area contributed by atoms with Crippen molar-refractivity contribution >= 4 is 29.3 Å². The van der Waals surface area contributed by atoms with E-state index in [0.717, 1.165) is 6.42 Å². The zero-order valence-electron chi connectivity index (χ0n) is 18.2. The molecule has 162 valence electrons. The summed E-state index contributed by atoms with van der Waals surface area (Å²) in [4.78, 5) is 61.0.